The topological polar surface area (TPSA) is 162 Å². The van der Waals surface area contributed by atoms with Gasteiger partial charge in [0, 0.05) is 45.3 Å². The average molecular weight is 692 g/mol. The minimum absolute atomic E-state index is 0.0162. The lowest BCUT2D eigenvalue weighted by Gasteiger charge is -2.39. The van der Waals surface area contributed by atoms with Crippen LogP contribution in [0.3, 0.4) is 0 Å². The highest BCUT2D eigenvalue weighted by Gasteiger charge is 2.58. The molecule has 12 heteroatoms. The summed E-state index contributed by atoms with van der Waals surface area (Å²) in [5.41, 5.74) is 0.334. The van der Waals surface area contributed by atoms with Crippen LogP contribution < -0.4 is 5.32 Å². The van der Waals surface area contributed by atoms with Gasteiger partial charge >= 0.3 is 5.97 Å². The Kier molecular flexibility index (Phi) is 16.6. The van der Waals surface area contributed by atoms with Crippen LogP contribution in [0.15, 0.2) is 48.3 Å². The summed E-state index contributed by atoms with van der Waals surface area (Å²) in [6.07, 6.45) is 9.96. The molecule has 3 heterocycles. The van der Waals surface area contributed by atoms with Crippen LogP contribution in [0.5, 0.6) is 0 Å². The van der Waals surface area contributed by atoms with E-state index in [0.29, 0.717) is 65.1 Å². The molecule has 9 atom stereocenters. The first-order valence-electron chi connectivity index (χ1n) is 17.5. The zero-order chi connectivity index (χ0) is 36.0. The molecule has 1 amide bonds. The fourth-order valence-corrected chi connectivity index (χ4v) is 6.13. The molecular weight excluding hydrogens is 634 g/mol. The monoisotopic (exact) mass is 691 g/mol. The van der Waals surface area contributed by atoms with E-state index in [9.17, 15) is 19.5 Å². The molecule has 3 rings (SSSR count). The summed E-state index contributed by atoms with van der Waals surface area (Å²) < 4.78 is 34.0. The summed E-state index contributed by atoms with van der Waals surface area (Å²) in [7, 11) is 0. The van der Waals surface area contributed by atoms with Crippen molar-refractivity contribution < 1.29 is 53.0 Å². The van der Waals surface area contributed by atoms with Crippen molar-refractivity contribution in [1.82, 2.24) is 5.32 Å². The molecule has 0 aliphatic carbocycles. The van der Waals surface area contributed by atoms with E-state index in [1.165, 1.54) is 13.0 Å². The average Bonchev–Trinajstić information content (AvgIpc) is 3.80. The summed E-state index contributed by atoms with van der Waals surface area (Å²) in [5.74, 6) is -0.274. The number of ketones is 1. The van der Waals surface area contributed by atoms with Crippen LogP contribution in [-0.2, 0) is 42.8 Å². The molecule has 3 fully saturated rings. The van der Waals surface area contributed by atoms with Gasteiger partial charge in [0.1, 0.15) is 29.7 Å². The first-order chi connectivity index (χ1) is 23.3. The molecular formula is C37H57NO11. The number of carbonyl (C=O) groups excluding carboxylic acids is 3. The molecule has 0 aromatic rings. The number of rotatable bonds is 20. The molecule has 0 unspecified atom stereocenters. The highest BCUT2D eigenvalue weighted by atomic mass is 16.6. The summed E-state index contributed by atoms with van der Waals surface area (Å²) >= 11 is 0. The molecule has 3 saturated heterocycles. The van der Waals surface area contributed by atoms with Crippen molar-refractivity contribution in [2.75, 3.05) is 33.0 Å². The quantitative estimate of drug-likeness (QED) is 0.0419. The number of hydrogen-bond donors (Lipinski definition) is 3. The second kappa shape index (κ2) is 20.1. The normalized spacial score (nSPS) is 30.8. The van der Waals surface area contributed by atoms with E-state index in [0.717, 1.165) is 12.0 Å². The third-order valence-corrected chi connectivity index (χ3v) is 9.03. The van der Waals surface area contributed by atoms with Gasteiger partial charge in [-0.2, -0.15) is 0 Å². The van der Waals surface area contributed by atoms with E-state index < -0.39 is 29.9 Å². The maximum absolute atomic E-state index is 12.7. The number of esters is 1. The van der Waals surface area contributed by atoms with Gasteiger partial charge in [0.25, 0.3) is 0 Å². The van der Waals surface area contributed by atoms with E-state index in [1.54, 1.807) is 13.0 Å². The molecule has 276 valence electrons. The maximum atomic E-state index is 12.7. The van der Waals surface area contributed by atoms with Gasteiger partial charge in [0.2, 0.25) is 5.91 Å². The van der Waals surface area contributed by atoms with Gasteiger partial charge in [0.15, 0.2) is 0 Å². The molecule has 0 bridgehead atoms. The highest BCUT2D eigenvalue weighted by Crippen LogP contribution is 2.43. The molecule has 1 spiro atoms. The Morgan fingerprint density at radius 2 is 1.78 bits per heavy atom. The first-order valence-corrected chi connectivity index (χ1v) is 17.5. The lowest BCUT2D eigenvalue weighted by atomic mass is 9.86. The number of amides is 1. The summed E-state index contributed by atoms with van der Waals surface area (Å²) in [5, 5.41) is 23.0. The summed E-state index contributed by atoms with van der Waals surface area (Å²) in [6.45, 7) is 14.6. The molecule has 0 aromatic carbocycles. The van der Waals surface area contributed by atoms with Crippen molar-refractivity contribution in [2.45, 2.75) is 128 Å². The van der Waals surface area contributed by atoms with E-state index in [1.807, 2.05) is 26.0 Å². The first kappa shape index (κ1) is 40.6. The molecule has 49 heavy (non-hydrogen) atoms. The van der Waals surface area contributed by atoms with Crippen LogP contribution in [0.4, 0.5) is 0 Å². The minimum Gasteiger partial charge on any atom is -0.513 e. The Bertz CT molecular complexity index is 1190. The zero-order valence-electron chi connectivity index (χ0n) is 29.8. The third-order valence-electron chi connectivity index (χ3n) is 9.03. The molecule has 12 nitrogen and oxygen atoms in total. The maximum Gasteiger partial charge on any atom is 0.303 e. The van der Waals surface area contributed by atoms with Crippen molar-refractivity contribution in [3.63, 3.8) is 0 Å². The minimum atomic E-state index is -0.816. The number of epoxide rings is 1. The summed E-state index contributed by atoms with van der Waals surface area (Å²) in [4.78, 5) is 36.2. The number of hydrogen-bond acceptors (Lipinski definition) is 11. The number of nitrogens with one attached hydrogen (secondary N) is 1. The zero-order valence-corrected chi connectivity index (χ0v) is 29.8. The van der Waals surface area contributed by atoms with Gasteiger partial charge in [0.05, 0.1) is 56.5 Å². The van der Waals surface area contributed by atoms with Crippen LogP contribution in [0, 0.1) is 5.92 Å². The van der Waals surface area contributed by atoms with Crippen LogP contribution >= 0.6 is 0 Å². The molecule has 0 aromatic heterocycles. The predicted molar refractivity (Wildman–Crippen MR) is 183 cm³/mol. The summed E-state index contributed by atoms with van der Waals surface area (Å²) in [6, 6.07) is -0.137. The lowest BCUT2D eigenvalue weighted by molar-refractivity contribution is -0.144. The molecule has 3 aliphatic rings. The Morgan fingerprint density at radius 1 is 1.06 bits per heavy atom. The van der Waals surface area contributed by atoms with Crippen LogP contribution in [0.25, 0.3) is 0 Å². The van der Waals surface area contributed by atoms with Crippen LogP contribution in [0.1, 0.15) is 79.6 Å². The molecule has 3 N–H and O–H groups in total. The Balaban J connectivity index is 1.41. The highest BCUT2D eigenvalue weighted by molar-refractivity contribution is 5.87. The Morgan fingerprint density at radius 3 is 2.45 bits per heavy atom. The molecule has 0 saturated carbocycles. The van der Waals surface area contributed by atoms with Crippen LogP contribution in [0.2, 0.25) is 0 Å². The van der Waals surface area contributed by atoms with Crippen molar-refractivity contribution >= 4 is 17.7 Å². The third kappa shape index (κ3) is 14.5. The molecule has 0 radical (unpaired) electrons. The largest absolute Gasteiger partial charge is 0.513 e. The van der Waals surface area contributed by atoms with Crippen LogP contribution in [-0.4, -0.2) is 109 Å². The van der Waals surface area contributed by atoms with E-state index in [-0.39, 0.29) is 54.1 Å². The van der Waals surface area contributed by atoms with Crippen molar-refractivity contribution in [1.29, 1.82) is 0 Å². The van der Waals surface area contributed by atoms with Crippen molar-refractivity contribution in [2.24, 2.45) is 5.92 Å². The SMILES string of the molecule is C=C(O)CCOCCOCCCC(=O)C[C@@H]1C[C@@]2(CO2)[C@H](O)[C@@H](/C=C/C(C)=C/C[C@@H]2O[C@H](C)[C@H](NC(=O)/C=C\[C@H](C)OC(C)=O)C[C@@H]2C)O1. The van der Waals surface area contributed by atoms with Gasteiger partial charge in [-0.25, -0.2) is 0 Å². The van der Waals surface area contributed by atoms with E-state index in [4.69, 9.17) is 33.5 Å². The van der Waals surface area contributed by atoms with Gasteiger partial charge in [-0.1, -0.05) is 37.3 Å². The fourth-order valence-electron chi connectivity index (χ4n) is 6.13. The molecule has 3 aliphatic heterocycles. The standard InChI is InChI=1S/C37H57NO11/c1-24(9-12-33-25(2)20-32(28(5)48-33)38-35(42)14-11-27(4)47-29(6)40)10-13-34-36(43)37(23-46-37)22-31(49-34)21-30(41)8-7-16-44-18-19-45-17-15-26(3)39/h9-11,13-14,25,27-28,31-34,36,39,43H,3,7-8,12,15-23H2,1-2,4-6H3,(H,38,42)/b13-10+,14-11-,24-9+/t25-,27-,28+,31+,32+,33-,34+,36+,37+/m0/s1. The number of carbonyl (C=O) groups is 3. The fraction of sp³-hybridized carbons (Fsp3) is 0.703. The number of aliphatic hydroxyl groups is 2. The van der Waals surface area contributed by atoms with E-state index in [2.05, 4.69) is 24.9 Å². The van der Waals surface area contributed by atoms with E-state index >= 15 is 0 Å². The van der Waals surface area contributed by atoms with Crippen molar-refractivity contribution in [3.8, 4) is 0 Å². The van der Waals surface area contributed by atoms with Crippen molar-refractivity contribution in [3.05, 3.63) is 48.3 Å². The second-order valence-corrected chi connectivity index (χ2v) is 13.5. The number of aliphatic hydroxyl groups excluding tert-OH is 2. The lowest BCUT2D eigenvalue weighted by Crippen LogP contribution is -2.50. The van der Waals surface area contributed by atoms with Gasteiger partial charge < -0.3 is 44.0 Å². The van der Waals surface area contributed by atoms with Gasteiger partial charge in [-0.05, 0) is 52.0 Å². The smallest absolute Gasteiger partial charge is 0.303 e. The number of allylic oxidation sites excluding steroid dienone is 2. The number of ether oxygens (including phenoxy) is 6. The number of Topliss-reactive ketones (excluding diaryl/α,β-unsaturated/α-hetero) is 1. The Hall–Kier alpha value is -2.87. The van der Waals surface area contributed by atoms with Gasteiger partial charge in [-0.3, -0.25) is 14.4 Å². The predicted octanol–water partition coefficient (Wildman–Crippen LogP) is 4.21. The van der Waals surface area contributed by atoms with Gasteiger partial charge in [-0.15, -0.1) is 0 Å². The second-order valence-electron chi connectivity index (χ2n) is 13.5. The Labute approximate surface area is 290 Å².